The second-order valence-electron chi connectivity index (χ2n) is 4.09. The monoisotopic (exact) mass is 229 g/mol. The van der Waals surface area contributed by atoms with Crippen molar-refractivity contribution in [2.24, 2.45) is 5.92 Å². The highest BCUT2D eigenvalue weighted by Crippen LogP contribution is 2.20. The quantitative estimate of drug-likeness (QED) is 0.784. The van der Waals surface area contributed by atoms with E-state index >= 15 is 0 Å². The number of hydrogen-bond donors (Lipinski definition) is 1. The average Bonchev–Trinajstić information content (AvgIpc) is 2.29. The van der Waals surface area contributed by atoms with Gasteiger partial charge in [0.25, 0.3) is 0 Å². The topological polar surface area (TPSA) is 64.6 Å². The summed E-state index contributed by atoms with van der Waals surface area (Å²) in [6, 6.07) is -0.435. The van der Waals surface area contributed by atoms with E-state index in [9.17, 15) is 9.59 Å². The lowest BCUT2D eigenvalue weighted by Crippen LogP contribution is -2.41. The third kappa shape index (κ3) is 4.18. The highest BCUT2D eigenvalue weighted by Gasteiger charge is 2.23. The molecule has 0 spiro atoms. The largest absolute Gasteiger partial charge is 0.453 e. The molecule has 5 heteroatoms. The van der Waals surface area contributed by atoms with Crippen molar-refractivity contribution >= 4 is 11.9 Å². The third-order valence-corrected chi connectivity index (χ3v) is 2.88. The van der Waals surface area contributed by atoms with E-state index in [4.69, 9.17) is 4.74 Å². The van der Waals surface area contributed by atoms with Crippen LogP contribution in [0.1, 0.15) is 26.2 Å². The van der Waals surface area contributed by atoms with E-state index in [1.807, 2.05) is 0 Å². The van der Waals surface area contributed by atoms with Crippen LogP contribution in [0.3, 0.4) is 0 Å². The number of ketones is 1. The molecule has 1 atom stereocenters. The van der Waals surface area contributed by atoms with Gasteiger partial charge in [-0.2, -0.15) is 0 Å². The molecule has 1 unspecified atom stereocenters. The minimum absolute atomic E-state index is 0.0307. The van der Waals surface area contributed by atoms with Crippen molar-refractivity contribution in [2.45, 2.75) is 32.2 Å². The van der Waals surface area contributed by atoms with Crippen molar-refractivity contribution in [1.29, 1.82) is 0 Å². The zero-order valence-electron chi connectivity index (χ0n) is 9.82. The molecule has 1 fully saturated rings. The summed E-state index contributed by atoms with van der Waals surface area (Å²) in [5.41, 5.74) is 0. The molecule has 1 heterocycles. The molecule has 92 valence electrons. The zero-order valence-corrected chi connectivity index (χ0v) is 9.82. The summed E-state index contributed by atoms with van der Waals surface area (Å²) in [6.07, 6.45) is 2.03. The Balaban J connectivity index is 2.43. The SMILES string of the molecule is COC(=O)NC(CC1CCOCC1)C(C)=O. The van der Waals surface area contributed by atoms with Gasteiger partial charge in [0, 0.05) is 13.2 Å². The number of methoxy groups -OCH3 is 1. The van der Waals surface area contributed by atoms with Crippen LogP contribution in [0.15, 0.2) is 0 Å². The van der Waals surface area contributed by atoms with Crippen LogP contribution in [0.4, 0.5) is 4.79 Å². The van der Waals surface area contributed by atoms with Gasteiger partial charge in [-0.05, 0) is 32.1 Å². The molecule has 1 rings (SSSR count). The standard InChI is InChI=1S/C11H19NO4/c1-8(13)10(12-11(14)15-2)7-9-3-5-16-6-4-9/h9-10H,3-7H2,1-2H3,(H,12,14). The van der Waals surface area contributed by atoms with Crippen LogP contribution < -0.4 is 5.32 Å². The molecule has 5 nitrogen and oxygen atoms in total. The normalized spacial score (nSPS) is 18.9. The Hall–Kier alpha value is -1.10. The molecule has 1 aliphatic heterocycles. The molecule has 0 saturated carbocycles. The summed E-state index contributed by atoms with van der Waals surface area (Å²) >= 11 is 0. The van der Waals surface area contributed by atoms with Gasteiger partial charge in [-0.3, -0.25) is 4.79 Å². The molecule has 0 bridgehead atoms. The molecule has 0 radical (unpaired) electrons. The average molecular weight is 229 g/mol. The van der Waals surface area contributed by atoms with E-state index in [2.05, 4.69) is 10.1 Å². The van der Waals surface area contributed by atoms with E-state index in [1.54, 1.807) is 0 Å². The van der Waals surface area contributed by atoms with Crippen molar-refractivity contribution in [3.8, 4) is 0 Å². The van der Waals surface area contributed by atoms with Gasteiger partial charge in [-0.25, -0.2) is 4.79 Å². The number of alkyl carbamates (subject to hydrolysis) is 1. The van der Waals surface area contributed by atoms with Crippen molar-refractivity contribution in [2.75, 3.05) is 20.3 Å². The summed E-state index contributed by atoms with van der Waals surface area (Å²) in [5, 5.41) is 2.56. The molecular formula is C11H19NO4. The maximum Gasteiger partial charge on any atom is 0.407 e. The highest BCUT2D eigenvalue weighted by molar-refractivity contribution is 5.85. The summed E-state index contributed by atoms with van der Waals surface area (Å²) < 4.78 is 9.74. The van der Waals surface area contributed by atoms with Crippen molar-refractivity contribution < 1.29 is 19.1 Å². The predicted molar refractivity (Wildman–Crippen MR) is 58.2 cm³/mol. The molecule has 1 saturated heterocycles. The first-order valence-corrected chi connectivity index (χ1v) is 5.56. The van der Waals surface area contributed by atoms with Crippen LogP contribution in [0.5, 0.6) is 0 Å². The second-order valence-corrected chi connectivity index (χ2v) is 4.09. The fourth-order valence-electron chi connectivity index (χ4n) is 1.84. The number of amides is 1. The van der Waals surface area contributed by atoms with Gasteiger partial charge in [0.15, 0.2) is 5.78 Å². The van der Waals surface area contributed by atoms with Crippen LogP contribution >= 0.6 is 0 Å². The van der Waals surface area contributed by atoms with Gasteiger partial charge in [-0.15, -0.1) is 0 Å². The number of carbonyl (C=O) groups excluding carboxylic acids is 2. The summed E-state index contributed by atoms with van der Waals surface area (Å²) in [6.45, 7) is 2.97. The van der Waals surface area contributed by atoms with Gasteiger partial charge in [-0.1, -0.05) is 0 Å². The summed E-state index contributed by atoms with van der Waals surface area (Å²) in [7, 11) is 1.29. The molecule has 16 heavy (non-hydrogen) atoms. The van der Waals surface area contributed by atoms with Crippen LogP contribution in [-0.2, 0) is 14.3 Å². The molecule has 1 N–H and O–H groups in total. The van der Waals surface area contributed by atoms with Crippen LogP contribution in [0.2, 0.25) is 0 Å². The Morgan fingerprint density at radius 2 is 2.06 bits per heavy atom. The van der Waals surface area contributed by atoms with Crippen LogP contribution in [-0.4, -0.2) is 38.2 Å². The van der Waals surface area contributed by atoms with E-state index in [1.165, 1.54) is 14.0 Å². The Morgan fingerprint density at radius 1 is 1.44 bits per heavy atom. The Morgan fingerprint density at radius 3 is 2.56 bits per heavy atom. The number of Topliss-reactive ketones (excluding diaryl/α,β-unsaturated/α-hetero) is 1. The molecule has 0 aromatic rings. The predicted octanol–water partition coefficient (Wildman–Crippen LogP) is 1.12. The van der Waals surface area contributed by atoms with Crippen molar-refractivity contribution in [3.63, 3.8) is 0 Å². The third-order valence-electron chi connectivity index (χ3n) is 2.88. The lowest BCUT2D eigenvalue weighted by atomic mass is 9.91. The number of rotatable bonds is 4. The maximum absolute atomic E-state index is 11.4. The van der Waals surface area contributed by atoms with Crippen LogP contribution in [0.25, 0.3) is 0 Å². The van der Waals surface area contributed by atoms with Gasteiger partial charge in [0.2, 0.25) is 0 Å². The highest BCUT2D eigenvalue weighted by atomic mass is 16.5. The first-order chi connectivity index (χ1) is 7.63. The van der Waals surface area contributed by atoms with Crippen molar-refractivity contribution in [3.05, 3.63) is 0 Å². The summed E-state index contributed by atoms with van der Waals surface area (Å²) in [4.78, 5) is 22.4. The maximum atomic E-state index is 11.4. The first-order valence-electron chi connectivity index (χ1n) is 5.56. The molecular weight excluding hydrogens is 210 g/mol. The smallest absolute Gasteiger partial charge is 0.407 e. The molecule has 1 amide bonds. The van der Waals surface area contributed by atoms with E-state index < -0.39 is 12.1 Å². The number of ether oxygens (including phenoxy) is 2. The molecule has 0 aromatic heterocycles. The van der Waals surface area contributed by atoms with Gasteiger partial charge >= 0.3 is 6.09 Å². The van der Waals surface area contributed by atoms with Crippen molar-refractivity contribution in [1.82, 2.24) is 5.32 Å². The molecule has 0 aliphatic carbocycles. The van der Waals surface area contributed by atoms with Gasteiger partial charge in [0.05, 0.1) is 13.2 Å². The Kier molecular flexibility index (Phi) is 5.25. The second kappa shape index (κ2) is 6.48. The lowest BCUT2D eigenvalue weighted by Gasteiger charge is -2.25. The Labute approximate surface area is 95.5 Å². The van der Waals surface area contributed by atoms with E-state index in [-0.39, 0.29) is 5.78 Å². The number of hydrogen-bond acceptors (Lipinski definition) is 4. The fraction of sp³-hybridized carbons (Fsp3) is 0.818. The zero-order chi connectivity index (χ0) is 12.0. The minimum Gasteiger partial charge on any atom is -0.453 e. The van der Waals surface area contributed by atoms with Gasteiger partial charge < -0.3 is 14.8 Å². The lowest BCUT2D eigenvalue weighted by molar-refractivity contribution is -0.119. The number of nitrogens with one attached hydrogen (secondary N) is 1. The first kappa shape index (κ1) is 13.0. The van der Waals surface area contributed by atoms with E-state index in [0.717, 1.165) is 26.1 Å². The van der Waals surface area contributed by atoms with Gasteiger partial charge in [0.1, 0.15) is 0 Å². The summed E-state index contributed by atoms with van der Waals surface area (Å²) in [5.74, 6) is 0.414. The van der Waals surface area contributed by atoms with Crippen LogP contribution in [0, 0.1) is 5.92 Å². The molecule has 0 aromatic carbocycles. The minimum atomic E-state index is -0.549. The molecule has 1 aliphatic rings. The van der Waals surface area contributed by atoms with E-state index in [0.29, 0.717) is 12.3 Å². The number of carbonyl (C=O) groups is 2. The fourth-order valence-corrected chi connectivity index (χ4v) is 1.84. The Bertz CT molecular complexity index is 248.